The summed E-state index contributed by atoms with van der Waals surface area (Å²) in [7, 11) is -23.9. The van der Waals surface area contributed by atoms with Gasteiger partial charge in [-0.2, -0.15) is 38.2 Å². The molecule has 0 saturated heterocycles. The number of rotatable bonds is 18. The number of fused-ring (bicyclic) bond motifs is 6. The summed E-state index contributed by atoms with van der Waals surface area (Å²) < 4.78 is 180. The fourth-order valence-electron chi connectivity index (χ4n) is 8.94. The fraction of sp³-hybridized carbons (Fsp3) is 0.350. The third kappa shape index (κ3) is 10.2. The number of carbonyl (C=O) groups is 1. The van der Waals surface area contributed by atoms with Gasteiger partial charge in [-0.3, -0.25) is 23.0 Å². The number of carbonyl (C=O) groups excluding carboxylic acids is 1. The second-order valence-electron chi connectivity index (χ2n) is 16.2. The van der Waals surface area contributed by atoms with E-state index in [1.807, 2.05) is 18.4 Å². The zero-order valence-electron chi connectivity index (χ0n) is 34.4. The molecule has 6 rings (SSSR count). The molecule has 346 valence electrons. The molecular weight excluding hydrogens is 941 g/mol. The van der Waals surface area contributed by atoms with Gasteiger partial charge in [-0.1, -0.05) is 18.2 Å². The Hall–Kier alpha value is -4.63. The standard InChI is InChI=1S/C40H44N2O17S5/c1-39(2)35(41(17-6-20-61(47,48)49)32-14-10-26-22-27(59-25-43)11-12-29(26)37(32)39)8-4-9-36-40(3,16-5-19-60(44,45)46)38-31-23-28(63(53,54)55)24-34(64(56,57)58)30(31)13-15-33(38)42(36)18-7-21-62(50,51)52/h4,8-15,22-25H,5-7,16-21H2,1-3H3,(H4-,44,45,46,47,48,49,50,51,52,53,54,55,56,57,58). The molecule has 2 heterocycles. The van der Waals surface area contributed by atoms with Gasteiger partial charge in [0.2, 0.25) is 5.69 Å². The van der Waals surface area contributed by atoms with Crippen molar-refractivity contribution in [3.05, 3.63) is 89.6 Å². The Kier molecular flexibility index (Phi) is 13.2. The Morgan fingerprint density at radius 1 is 0.734 bits per heavy atom. The molecule has 0 aromatic heterocycles. The largest absolute Gasteiger partial charge is 0.748 e. The number of ether oxygens (including phenoxy) is 1. The van der Waals surface area contributed by atoms with Gasteiger partial charge < -0.3 is 14.2 Å². The van der Waals surface area contributed by atoms with Crippen molar-refractivity contribution in [2.45, 2.75) is 67.1 Å². The first-order valence-corrected chi connectivity index (χ1v) is 27.0. The Balaban J connectivity index is 1.61. The van der Waals surface area contributed by atoms with Gasteiger partial charge in [-0.25, -0.2) is 8.42 Å². The molecule has 0 bridgehead atoms. The first kappa shape index (κ1) is 48.8. The van der Waals surface area contributed by atoms with Gasteiger partial charge in [0, 0.05) is 58.6 Å². The Morgan fingerprint density at radius 3 is 2.00 bits per heavy atom. The second kappa shape index (κ2) is 17.3. The van der Waals surface area contributed by atoms with Crippen LogP contribution in [0.5, 0.6) is 5.75 Å². The third-order valence-corrected chi connectivity index (χ3v) is 15.6. The Bertz CT molecular complexity index is 3270. The van der Waals surface area contributed by atoms with E-state index >= 15 is 0 Å². The molecule has 0 radical (unpaired) electrons. The van der Waals surface area contributed by atoms with Crippen LogP contribution in [0.15, 0.2) is 88.3 Å². The van der Waals surface area contributed by atoms with Crippen molar-refractivity contribution in [2.75, 3.05) is 35.2 Å². The highest BCUT2D eigenvalue weighted by Crippen LogP contribution is 2.54. The zero-order chi connectivity index (χ0) is 47.4. The topological polar surface area (TPSA) is 307 Å². The SMILES string of the molecule is CC1(C)C(/C=C/C=C2/N(CCCS(=O)(=O)O)c3ccc4c(S(=O)(=O)O)cc(S(=O)(=O)O)cc4c3C2(C)CCCS(=O)(=O)O)=[N+](CCCS(=O)(=O)[O-])c2ccc3cc(OC=O)ccc3c21. The molecule has 0 spiro atoms. The van der Waals surface area contributed by atoms with Crippen LogP contribution in [0.25, 0.3) is 21.5 Å². The molecule has 1 unspecified atom stereocenters. The predicted molar refractivity (Wildman–Crippen MR) is 235 cm³/mol. The van der Waals surface area contributed by atoms with Gasteiger partial charge in [-0.05, 0) is 104 Å². The lowest BCUT2D eigenvalue weighted by molar-refractivity contribution is -0.437. The van der Waals surface area contributed by atoms with E-state index in [1.54, 1.807) is 60.4 Å². The van der Waals surface area contributed by atoms with E-state index < -0.39 is 88.5 Å². The van der Waals surface area contributed by atoms with Gasteiger partial charge in [-0.15, -0.1) is 0 Å². The fourth-order valence-corrected chi connectivity index (χ4v) is 11.8. The van der Waals surface area contributed by atoms with Gasteiger partial charge in [0.05, 0.1) is 31.9 Å². The molecule has 4 aromatic carbocycles. The molecule has 64 heavy (non-hydrogen) atoms. The van der Waals surface area contributed by atoms with Crippen LogP contribution in [0.4, 0.5) is 11.4 Å². The lowest BCUT2D eigenvalue weighted by atomic mass is 9.75. The minimum atomic E-state index is -5.16. The average molecular weight is 985 g/mol. The Labute approximate surface area is 370 Å². The first-order chi connectivity index (χ1) is 29.5. The summed E-state index contributed by atoms with van der Waals surface area (Å²) in [6, 6.07) is 12.9. The number of benzene rings is 4. The van der Waals surface area contributed by atoms with Crippen molar-refractivity contribution in [2.24, 2.45) is 0 Å². The summed E-state index contributed by atoms with van der Waals surface area (Å²) in [4.78, 5) is 10.9. The summed E-state index contributed by atoms with van der Waals surface area (Å²) in [5, 5.41) is 1.20. The van der Waals surface area contributed by atoms with Gasteiger partial charge in [0.25, 0.3) is 46.9 Å². The molecule has 0 fully saturated rings. The summed E-state index contributed by atoms with van der Waals surface area (Å²) >= 11 is 0. The number of nitrogens with zero attached hydrogens (tertiary/aromatic N) is 2. The molecule has 19 nitrogen and oxygen atoms in total. The molecule has 2 aliphatic rings. The third-order valence-electron chi connectivity index (χ3n) is 11.5. The molecule has 2 aliphatic heterocycles. The maximum Gasteiger partial charge on any atom is 0.298 e. The predicted octanol–water partition coefficient (Wildman–Crippen LogP) is 4.50. The molecule has 0 aliphatic carbocycles. The number of anilines is 1. The highest BCUT2D eigenvalue weighted by molar-refractivity contribution is 7.87. The van der Waals surface area contributed by atoms with Crippen LogP contribution in [-0.4, -0.2) is 112 Å². The average Bonchev–Trinajstić information content (AvgIpc) is 3.51. The molecule has 0 saturated carbocycles. The quantitative estimate of drug-likeness (QED) is 0.0606. The molecule has 1 atom stereocenters. The van der Waals surface area contributed by atoms with Gasteiger partial charge in [0.1, 0.15) is 17.2 Å². The molecule has 4 aromatic rings. The molecule has 0 amide bonds. The summed E-state index contributed by atoms with van der Waals surface area (Å²) in [5.41, 5.74) is 0.613. The Morgan fingerprint density at radius 2 is 1.39 bits per heavy atom. The zero-order valence-corrected chi connectivity index (χ0v) is 38.5. The summed E-state index contributed by atoms with van der Waals surface area (Å²) in [6.45, 7) is 5.68. The lowest BCUT2D eigenvalue weighted by Crippen LogP contribution is -2.31. The van der Waals surface area contributed by atoms with Crippen molar-refractivity contribution in [1.29, 1.82) is 0 Å². The van der Waals surface area contributed by atoms with E-state index in [1.165, 1.54) is 12.1 Å². The van der Waals surface area contributed by atoms with Crippen LogP contribution in [0.2, 0.25) is 0 Å². The van der Waals surface area contributed by atoms with Crippen molar-refractivity contribution in [3.63, 3.8) is 0 Å². The molecule has 4 N–H and O–H groups in total. The van der Waals surface area contributed by atoms with Crippen molar-refractivity contribution >= 4 is 95.7 Å². The van der Waals surface area contributed by atoms with E-state index in [0.29, 0.717) is 40.8 Å². The van der Waals surface area contributed by atoms with Crippen LogP contribution in [-0.2, 0) is 66.2 Å². The monoisotopic (exact) mass is 984 g/mol. The van der Waals surface area contributed by atoms with Crippen LogP contribution < -0.4 is 9.64 Å². The lowest BCUT2D eigenvalue weighted by Gasteiger charge is -2.31. The second-order valence-corrected chi connectivity index (χ2v) is 23.7. The normalized spacial score (nSPS) is 18.7. The smallest absolute Gasteiger partial charge is 0.298 e. The maximum atomic E-state index is 12.7. The van der Waals surface area contributed by atoms with E-state index in [4.69, 9.17) is 4.74 Å². The highest BCUT2D eigenvalue weighted by Gasteiger charge is 2.47. The van der Waals surface area contributed by atoms with Crippen molar-refractivity contribution < 1.29 is 79.0 Å². The van der Waals surface area contributed by atoms with E-state index in [-0.39, 0.29) is 60.8 Å². The van der Waals surface area contributed by atoms with Crippen LogP contribution in [0, 0.1) is 0 Å². The maximum absolute atomic E-state index is 12.7. The number of hydrogen-bond donors (Lipinski definition) is 4. The molecule has 24 heteroatoms. The summed E-state index contributed by atoms with van der Waals surface area (Å²) in [6.07, 6.45) is 4.34. The van der Waals surface area contributed by atoms with Crippen molar-refractivity contribution in [3.8, 4) is 5.75 Å². The number of allylic oxidation sites excluding steroid dienone is 4. The van der Waals surface area contributed by atoms with Gasteiger partial charge in [0.15, 0.2) is 5.71 Å². The van der Waals surface area contributed by atoms with Crippen LogP contribution in [0.1, 0.15) is 57.6 Å². The minimum absolute atomic E-state index is 0.0587. The van der Waals surface area contributed by atoms with E-state index in [0.717, 1.165) is 17.0 Å². The van der Waals surface area contributed by atoms with Gasteiger partial charge >= 0.3 is 0 Å². The number of hydrogen-bond acceptors (Lipinski definition) is 14. The first-order valence-electron chi connectivity index (χ1n) is 19.4. The summed E-state index contributed by atoms with van der Waals surface area (Å²) in [5.74, 6) is -1.81. The molecular formula is C40H44N2O17S5. The highest BCUT2D eigenvalue weighted by atomic mass is 32.2. The van der Waals surface area contributed by atoms with Crippen LogP contribution in [0.3, 0.4) is 0 Å². The van der Waals surface area contributed by atoms with E-state index in [2.05, 4.69) is 0 Å². The van der Waals surface area contributed by atoms with E-state index in [9.17, 15) is 69.6 Å². The van der Waals surface area contributed by atoms with Crippen molar-refractivity contribution in [1.82, 2.24) is 0 Å². The minimum Gasteiger partial charge on any atom is -0.748 e. The van der Waals surface area contributed by atoms with Crippen LogP contribution >= 0.6 is 0 Å².